The number of likely N-dealkylation sites (N-methyl/N-ethyl adjacent to an activating group) is 1. The van der Waals surface area contributed by atoms with E-state index in [9.17, 15) is 34.8 Å². The van der Waals surface area contributed by atoms with E-state index < -0.39 is 63.8 Å². The van der Waals surface area contributed by atoms with Crippen molar-refractivity contribution < 1.29 is 34.8 Å². The molecule has 1 amide bonds. The molecule has 0 aromatic heterocycles. The summed E-state index contributed by atoms with van der Waals surface area (Å²) in [7, 11) is 6.72. The van der Waals surface area contributed by atoms with Gasteiger partial charge in [-0.3, -0.25) is 19.3 Å². The van der Waals surface area contributed by atoms with Gasteiger partial charge in [-0.25, -0.2) is 0 Å². The van der Waals surface area contributed by atoms with Crippen LogP contribution in [0.2, 0.25) is 0 Å². The number of nitrogens with zero attached hydrogens (tertiary/aromatic N) is 2. The van der Waals surface area contributed by atoms with Crippen LogP contribution in [-0.4, -0.2) is 82.6 Å². The lowest BCUT2D eigenvalue weighted by molar-refractivity contribution is -0.148. The molecule has 36 heavy (non-hydrogen) atoms. The number of benzene rings is 1. The number of amides is 1. The lowest BCUT2D eigenvalue weighted by Gasteiger charge is -2.50. The van der Waals surface area contributed by atoms with Crippen molar-refractivity contribution in [1.29, 1.82) is 0 Å². The Bertz CT molecular complexity index is 1270. The van der Waals surface area contributed by atoms with Crippen molar-refractivity contribution >= 4 is 75.4 Å². The van der Waals surface area contributed by atoms with Gasteiger partial charge in [-0.1, -0.05) is 0 Å². The second-order valence-electron chi connectivity index (χ2n) is 9.64. The Morgan fingerprint density at radius 2 is 1.72 bits per heavy atom. The van der Waals surface area contributed by atoms with Crippen LogP contribution in [0.1, 0.15) is 22.3 Å². The van der Waals surface area contributed by atoms with Crippen LogP contribution in [0.15, 0.2) is 22.7 Å². The molecule has 0 saturated heterocycles. The van der Waals surface area contributed by atoms with E-state index in [2.05, 4.69) is 0 Å². The highest BCUT2D eigenvalue weighted by Crippen LogP contribution is 2.54. The number of nitrogen functional groups attached to an aromatic ring is 1. The smallest absolute Gasteiger partial charge is 0.255 e. The molecule has 1 aromatic carbocycles. The number of aromatic hydroxyl groups is 1. The highest BCUT2D eigenvalue weighted by atomic mass is 127. The molecule has 0 spiro atoms. The molecule has 3 aliphatic rings. The van der Waals surface area contributed by atoms with Gasteiger partial charge >= 0.3 is 0 Å². The first-order valence-corrected chi connectivity index (χ1v) is 11.9. The third-order valence-corrected chi connectivity index (χ3v) is 8.38. The predicted molar refractivity (Wildman–Crippen MR) is 151 cm³/mol. The van der Waals surface area contributed by atoms with Gasteiger partial charge in [0.25, 0.3) is 5.91 Å². The van der Waals surface area contributed by atoms with E-state index >= 15 is 0 Å². The predicted octanol–water partition coefficient (Wildman–Crippen LogP) is 0.991. The van der Waals surface area contributed by atoms with Gasteiger partial charge in [-0.05, 0) is 61.0 Å². The molecule has 11 nitrogen and oxygen atoms in total. The topological polar surface area (TPSA) is 191 Å². The van der Waals surface area contributed by atoms with Crippen molar-refractivity contribution in [2.24, 2.45) is 17.6 Å². The van der Waals surface area contributed by atoms with Gasteiger partial charge in [-0.15, -0.1) is 24.0 Å². The van der Waals surface area contributed by atoms with Crippen LogP contribution in [0.25, 0.3) is 0 Å². The maximum atomic E-state index is 13.7. The first kappa shape index (κ1) is 28.5. The van der Waals surface area contributed by atoms with Crippen LogP contribution in [0.4, 0.5) is 11.4 Å². The van der Waals surface area contributed by atoms with Crippen LogP contribution < -0.4 is 16.4 Å². The number of Topliss-reactive ketones (excluding diaryl/α,β-unsaturated/α-hetero) is 2. The zero-order chi connectivity index (χ0) is 26.3. The second-order valence-corrected chi connectivity index (χ2v) is 10.7. The summed E-state index contributed by atoms with van der Waals surface area (Å²) >= 11 is 1.99. The quantitative estimate of drug-likeness (QED) is 0.113. The normalized spacial score (nSPS) is 27.4. The van der Waals surface area contributed by atoms with E-state index in [-0.39, 0.29) is 53.6 Å². The molecule has 13 heteroatoms. The number of fused-ring (bicyclic) bond motifs is 3. The monoisotopic (exact) mass is 726 g/mol. The number of hydrogen-bond acceptors (Lipinski definition) is 10. The molecule has 0 saturated carbocycles. The zero-order valence-electron chi connectivity index (χ0n) is 20.0. The second kappa shape index (κ2) is 9.33. The van der Waals surface area contributed by atoms with E-state index in [0.717, 1.165) is 0 Å². The number of phenols is 1. The number of carbonyl (C=O) groups excluding carboxylic acids is 3. The summed E-state index contributed by atoms with van der Waals surface area (Å²) < 4.78 is 0.561. The molecule has 0 bridgehead atoms. The molecule has 2 unspecified atom stereocenters. The van der Waals surface area contributed by atoms with Crippen molar-refractivity contribution in [2.75, 3.05) is 38.8 Å². The molecule has 0 fully saturated rings. The average molecular weight is 726 g/mol. The summed E-state index contributed by atoms with van der Waals surface area (Å²) in [6.07, 6.45) is 0.228. The third-order valence-electron chi connectivity index (χ3n) is 7.29. The van der Waals surface area contributed by atoms with Crippen LogP contribution in [0.3, 0.4) is 0 Å². The Morgan fingerprint density at radius 1 is 1.14 bits per heavy atom. The molecule has 0 radical (unpaired) electrons. The molecular weight excluding hydrogens is 698 g/mol. The van der Waals surface area contributed by atoms with Gasteiger partial charge in [0.15, 0.2) is 17.1 Å². The first-order chi connectivity index (χ1) is 16.2. The molecule has 1 aromatic rings. The van der Waals surface area contributed by atoms with E-state index in [1.54, 1.807) is 33.1 Å². The summed E-state index contributed by atoms with van der Waals surface area (Å²) in [5.41, 5.74) is 8.75. The minimum Gasteiger partial charge on any atom is -0.510 e. The van der Waals surface area contributed by atoms with E-state index in [4.69, 9.17) is 11.5 Å². The number of nitrogens with two attached hydrogens (primary N) is 2. The number of aliphatic hydroxyl groups is 3. The molecule has 0 aliphatic heterocycles. The molecule has 196 valence electrons. The van der Waals surface area contributed by atoms with Crippen molar-refractivity contribution in [2.45, 2.75) is 24.5 Å². The Morgan fingerprint density at radius 3 is 2.22 bits per heavy atom. The van der Waals surface area contributed by atoms with Crippen LogP contribution >= 0.6 is 46.6 Å². The number of phenolic OH excluding ortho intramolecular Hbond substituents is 1. The molecule has 3 aliphatic carbocycles. The number of aliphatic hydroxyl groups excluding tert-OH is 2. The average Bonchev–Trinajstić information content (AvgIpc) is 2.74. The largest absolute Gasteiger partial charge is 0.510 e. The number of halogens is 2. The van der Waals surface area contributed by atoms with Gasteiger partial charge in [0.05, 0.1) is 26.6 Å². The highest BCUT2D eigenvalue weighted by Gasteiger charge is 2.63. The van der Waals surface area contributed by atoms with Gasteiger partial charge < -0.3 is 36.8 Å². The molecule has 8 N–H and O–H groups in total. The summed E-state index contributed by atoms with van der Waals surface area (Å²) in [5, 5.41) is 44.5. The van der Waals surface area contributed by atoms with Crippen LogP contribution in [0.5, 0.6) is 5.75 Å². The number of allylic oxidation sites excluding steroid dienone is 1. The molecular formula is C23H28I2N4O7. The van der Waals surface area contributed by atoms with Gasteiger partial charge in [-0.2, -0.15) is 0 Å². The minimum absolute atomic E-state index is 0. The fraction of sp³-hybridized carbons (Fsp3) is 0.435. The minimum atomic E-state index is -2.67. The SMILES string of the molecule is CN(C)c1c(I)c(N)c(O)c2c1CC1CC3[C@H](N(C)C)C(O)=C(C(N)=O)C(=O)[C@@]3(O)C(O)=C1C2=O.I. The van der Waals surface area contributed by atoms with Crippen molar-refractivity contribution in [3.63, 3.8) is 0 Å². The number of hydrogen-bond donors (Lipinski definition) is 6. The van der Waals surface area contributed by atoms with E-state index in [0.29, 0.717) is 14.8 Å². The summed E-state index contributed by atoms with van der Waals surface area (Å²) in [6, 6.07) is -1.03. The highest BCUT2D eigenvalue weighted by molar-refractivity contribution is 14.1. The summed E-state index contributed by atoms with van der Waals surface area (Å²) in [5.74, 6) is -6.95. The Hall–Kier alpha value is -2.11. The standard InChI is InChI=1S/C23H27IN4O7.HI/c1-27(2)15-8-5-7-6-9-16(28(3)4)19(31)12(22(26)34)21(33)23(9,35)20(32)10(7)17(29)11(8)18(30)14(25)13(15)24;/h7,9,16,30-32,35H,5-6,25H2,1-4H3,(H2,26,34);1H/t7?,9?,16-,23-;/m0./s1. The lowest BCUT2D eigenvalue weighted by Crippen LogP contribution is -2.63. The van der Waals surface area contributed by atoms with Gasteiger partial charge in [0, 0.05) is 25.6 Å². The van der Waals surface area contributed by atoms with Crippen LogP contribution in [0, 0.1) is 15.4 Å². The van der Waals surface area contributed by atoms with Crippen LogP contribution in [-0.2, 0) is 16.0 Å². The van der Waals surface area contributed by atoms with Gasteiger partial charge in [0.1, 0.15) is 17.1 Å². The third kappa shape index (κ3) is 3.60. The number of anilines is 2. The fourth-order valence-electron chi connectivity index (χ4n) is 5.82. The lowest BCUT2D eigenvalue weighted by atomic mass is 9.58. The number of carbonyl (C=O) groups is 3. The van der Waals surface area contributed by atoms with Crippen molar-refractivity contribution in [3.05, 3.63) is 37.4 Å². The number of rotatable bonds is 3. The summed E-state index contributed by atoms with van der Waals surface area (Å²) in [4.78, 5) is 42.3. The van der Waals surface area contributed by atoms with Crippen molar-refractivity contribution in [1.82, 2.24) is 4.90 Å². The first-order valence-electron chi connectivity index (χ1n) is 10.8. The Balaban J connectivity index is 0.00000361. The maximum Gasteiger partial charge on any atom is 0.255 e. The fourth-order valence-corrected chi connectivity index (χ4v) is 6.88. The van der Waals surface area contributed by atoms with Crippen molar-refractivity contribution in [3.8, 4) is 5.75 Å². The molecule has 4 rings (SSSR count). The molecule has 0 heterocycles. The van der Waals surface area contributed by atoms with E-state index in [1.165, 1.54) is 4.90 Å². The Labute approximate surface area is 238 Å². The van der Waals surface area contributed by atoms with Gasteiger partial charge in [0.2, 0.25) is 5.78 Å². The zero-order valence-corrected chi connectivity index (χ0v) is 24.5. The Kier molecular flexibility index (Phi) is 7.37. The maximum absolute atomic E-state index is 13.7. The number of primary amides is 1. The van der Waals surface area contributed by atoms with E-state index in [1.807, 2.05) is 22.6 Å². The number of ketones is 2. The summed E-state index contributed by atoms with van der Waals surface area (Å²) in [6.45, 7) is 0. The molecule has 4 atom stereocenters.